The van der Waals surface area contributed by atoms with Crippen molar-refractivity contribution in [2.75, 3.05) is 9.80 Å². The maximum absolute atomic E-state index is 13.4. The second-order valence-electron chi connectivity index (χ2n) is 8.04. The van der Waals surface area contributed by atoms with Gasteiger partial charge in [-0.25, -0.2) is 4.90 Å². The lowest BCUT2D eigenvalue weighted by atomic mass is 9.88. The van der Waals surface area contributed by atoms with Crippen LogP contribution < -0.4 is 9.80 Å². The van der Waals surface area contributed by atoms with Gasteiger partial charge in [-0.3, -0.25) is 19.2 Å². The highest BCUT2D eigenvalue weighted by Gasteiger charge is 2.63. The van der Waals surface area contributed by atoms with E-state index in [-0.39, 0.29) is 29.4 Å². The molecule has 6 nitrogen and oxygen atoms in total. The first-order chi connectivity index (χ1) is 14.4. The van der Waals surface area contributed by atoms with E-state index >= 15 is 0 Å². The molecule has 2 amide bonds. The van der Waals surface area contributed by atoms with Crippen molar-refractivity contribution in [2.45, 2.75) is 25.9 Å². The summed E-state index contributed by atoms with van der Waals surface area (Å²) in [5.41, 5.74) is 2.78. The fraction of sp³-hybridized carbons (Fsp3) is 0.250. The Morgan fingerprint density at radius 3 is 2.20 bits per heavy atom. The summed E-state index contributed by atoms with van der Waals surface area (Å²) >= 11 is 0. The average molecular weight is 400 g/mol. The first kappa shape index (κ1) is 18.5. The Hall–Kier alpha value is -3.54. The minimum atomic E-state index is -0.733. The van der Waals surface area contributed by atoms with Crippen molar-refractivity contribution in [3.8, 4) is 0 Å². The number of benzene rings is 2. The SMILES string of the molecule is CC(=O)c1ccc(N2C(=O)[C@@H]3[C@H](C2=O)[C@H]2C=Cc4ccccc4N2[C@@H]3C(C)=O)cc1. The van der Waals surface area contributed by atoms with Crippen LogP contribution in [0.15, 0.2) is 54.6 Å². The fourth-order valence-electron chi connectivity index (χ4n) is 5.07. The molecule has 2 aromatic carbocycles. The Morgan fingerprint density at radius 1 is 0.867 bits per heavy atom. The summed E-state index contributed by atoms with van der Waals surface area (Å²) in [5, 5.41) is 0. The number of hydrogen-bond donors (Lipinski definition) is 0. The number of nitrogens with zero attached hydrogens (tertiary/aromatic N) is 2. The van der Waals surface area contributed by atoms with Gasteiger partial charge in [0.15, 0.2) is 11.6 Å². The first-order valence-corrected chi connectivity index (χ1v) is 9.95. The molecule has 0 unspecified atom stereocenters. The largest absolute Gasteiger partial charge is 0.353 e. The Labute approximate surface area is 173 Å². The van der Waals surface area contributed by atoms with E-state index in [4.69, 9.17) is 0 Å². The molecule has 2 fully saturated rings. The molecule has 3 aliphatic heterocycles. The van der Waals surface area contributed by atoms with Gasteiger partial charge in [-0.2, -0.15) is 0 Å². The highest BCUT2D eigenvalue weighted by Crippen LogP contribution is 2.49. The molecule has 0 aromatic heterocycles. The molecule has 0 N–H and O–H groups in total. The average Bonchev–Trinajstić information content (AvgIpc) is 3.21. The number of ketones is 2. The van der Waals surface area contributed by atoms with Gasteiger partial charge in [0.2, 0.25) is 11.8 Å². The van der Waals surface area contributed by atoms with Crippen LogP contribution in [0.1, 0.15) is 29.8 Å². The third-order valence-corrected chi connectivity index (χ3v) is 6.36. The molecule has 6 heteroatoms. The Morgan fingerprint density at radius 2 is 1.53 bits per heavy atom. The number of carbonyl (C=O) groups excluding carboxylic acids is 4. The van der Waals surface area contributed by atoms with Gasteiger partial charge in [0.1, 0.15) is 6.04 Å². The van der Waals surface area contributed by atoms with E-state index in [9.17, 15) is 19.2 Å². The predicted octanol–water partition coefficient (Wildman–Crippen LogP) is 2.87. The van der Waals surface area contributed by atoms with E-state index in [1.165, 1.54) is 18.7 Å². The summed E-state index contributed by atoms with van der Waals surface area (Å²) < 4.78 is 0. The van der Waals surface area contributed by atoms with E-state index in [2.05, 4.69) is 0 Å². The second-order valence-corrected chi connectivity index (χ2v) is 8.04. The zero-order chi connectivity index (χ0) is 21.2. The first-order valence-electron chi connectivity index (χ1n) is 9.95. The zero-order valence-corrected chi connectivity index (χ0v) is 16.6. The summed E-state index contributed by atoms with van der Waals surface area (Å²) in [4.78, 5) is 54.2. The van der Waals surface area contributed by atoms with Crippen molar-refractivity contribution in [2.24, 2.45) is 11.8 Å². The lowest BCUT2D eigenvalue weighted by Crippen LogP contribution is -2.48. The number of para-hydroxylation sites is 1. The molecule has 30 heavy (non-hydrogen) atoms. The number of hydrogen-bond acceptors (Lipinski definition) is 5. The van der Waals surface area contributed by atoms with E-state index in [1.54, 1.807) is 24.3 Å². The number of anilines is 2. The van der Waals surface area contributed by atoms with Crippen molar-refractivity contribution in [3.63, 3.8) is 0 Å². The molecule has 2 saturated heterocycles. The van der Waals surface area contributed by atoms with E-state index < -0.39 is 17.9 Å². The van der Waals surface area contributed by atoms with Crippen molar-refractivity contribution < 1.29 is 19.2 Å². The Bertz CT molecular complexity index is 1130. The molecule has 3 aliphatic rings. The molecule has 0 saturated carbocycles. The minimum Gasteiger partial charge on any atom is -0.353 e. The standard InChI is InChI=1S/C24H20N2O4/c1-13(27)15-7-10-17(11-8-15)25-23(29)20-19-12-9-16-5-3-4-6-18(16)26(19)22(14(2)28)21(20)24(25)30/h3-12,19-22H,1-2H3/t19-,20-,21-,22-/m1/s1. The molecule has 0 bridgehead atoms. The van der Waals surface area contributed by atoms with Crippen LogP contribution in [0.5, 0.6) is 0 Å². The smallest absolute Gasteiger partial charge is 0.240 e. The maximum atomic E-state index is 13.4. The molecule has 4 atom stereocenters. The van der Waals surface area contributed by atoms with Gasteiger partial charge in [0.25, 0.3) is 0 Å². The minimum absolute atomic E-state index is 0.0872. The van der Waals surface area contributed by atoms with Crippen LogP contribution in [0.2, 0.25) is 0 Å². The highest BCUT2D eigenvalue weighted by molar-refractivity contribution is 6.24. The van der Waals surface area contributed by atoms with E-state index in [1.807, 2.05) is 41.3 Å². The van der Waals surface area contributed by atoms with Crippen LogP contribution in [0.3, 0.4) is 0 Å². The molecule has 2 aromatic rings. The lowest BCUT2D eigenvalue weighted by molar-refractivity contribution is -0.126. The van der Waals surface area contributed by atoms with Crippen LogP contribution in [-0.2, 0) is 14.4 Å². The third kappa shape index (κ3) is 2.43. The molecule has 0 spiro atoms. The molecular formula is C24H20N2O4. The number of Topliss-reactive ketones (excluding diaryl/α,β-unsaturated/α-hetero) is 2. The van der Waals surface area contributed by atoms with Crippen LogP contribution in [-0.4, -0.2) is 35.5 Å². The van der Waals surface area contributed by atoms with E-state index in [0.29, 0.717) is 11.3 Å². The lowest BCUT2D eigenvalue weighted by Gasteiger charge is -2.36. The fourth-order valence-corrected chi connectivity index (χ4v) is 5.07. The highest BCUT2D eigenvalue weighted by atomic mass is 16.2. The second kappa shape index (κ2) is 6.49. The Balaban J connectivity index is 1.58. The summed E-state index contributed by atoms with van der Waals surface area (Å²) in [6.45, 7) is 2.94. The van der Waals surface area contributed by atoms with Crippen LogP contribution in [0.4, 0.5) is 11.4 Å². The monoisotopic (exact) mass is 400 g/mol. The van der Waals surface area contributed by atoms with Gasteiger partial charge < -0.3 is 4.90 Å². The number of rotatable bonds is 3. The topological polar surface area (TPSA) is 74.8 Å². The molecule has 0 radical (unpaired) electrons. The van der Waals surface area contributed by atoms with Crippen LogP contribution >= 0.6 is 0 Å². The number of amides is 2. The molecule has 150 valence electrons. The van der Waals surface area contributed by atoms with Crippen LogP contribution in [0.25, 0.3) is 6.08 Å². The summed E-state index contributed by atoms with van der Waals surface area (Å²) in [6, 6.07) is 13.1. The number of carbonyl (C=O) groups is 4. The molecule has 0 aliphatic carbocycles. The van der Waals surface area contributed by atoms with Gasteiger partial charge in [-0.15, -0.1) is 0 Å². The van der Waals surface area contributed by atoms with Gasteiger partial charge in [0.05, 0.1) is 23.6 Å². The van der Waals surface area contributed by atoms with Crippen LogP contribution in [0, 0.1) is 11.8 Å². The summed E-state index contributed by atoms with van der Waals surface area (Å²) in [5.74, 6) is -2.24. The van der Waals surface area contributed by atoms with Crippen molar-refractivity contribution in [3.05, 3.63) is 65.7 Å². The summed E-state index contributed by atoms with van der Waals surface area (Å²) in [7, 11) is 0. The van der Waals surface area contributed by atoms with Gasteiger partial charge in [-0.1, -0.05) is 30.4 Å². The molecule has 5 rings (SSSR count). The van der Waals surface area contributed by atoms with Gasteiger partial charge in [0, 0.05) is 11.3 Å². The summed E-state index contributed by atoms with van der Waals surface area (Å²) in [6.07, 6.45) is 3.88. The van der Waals surface area contributed by atoms with Crippen molar-refractivity contribution in [1.82, 2.24) is 0 Å². The zero-order valence-electron chi connectivity index (χ0n) is 16.6. The predicted molar refractivity (Wildman–Crippen MR) is 112 cm³/mol. The molecule has 3 heterocycles. The van der Waals surface area contributed by atoms with E-state index in [0.717, 1.165) is 11.3 Å². The van der Waals surface area contributed by atoms with Crippen molar-refractivity contribution >= 4 is 40.8 Å². The Kier molecular flexibility index (Phi) is 4.00. The van der Waals surface area contributed by atoms with Gasteiger partial charge >= 0.3 is 0 Å². The van der Waals surface area contributed by atoms with Gasteiger partial charge in [-0.05, 0) is 49.7 Å². The quantitative estimate of drug-likeness (QED) is 0.585. The third-order valence-electron chi connectivity index (χ3n) is 6.36. The number of fused-ring (bicyclic) bond motifs is 5. The number of imide groups is 1. The van der Waals surface area contributed by atoms with Crippen molar-refractivity contribution in [1.29, 1.82) is 0 Å². The normalized spacial score (nSPS) is 26.5. The molecular weight excluding hydrogens is 380 g/mol. The maximum Gasteiger partial charge on any atom is 0.240 e.